The molecule has 5 heteroatoms. The van der Waals surface area contributed by atoms with Crippen LogP contribution in [-0.4, -0.2) is 17.0 Å². The number of ether oxygens (including phenoxy) is 1. The van der Waals surface area contributed by atoms with Crippen molar-refractivity contribution < 1.29 is 19.4 Å². The lowest BCUT2D eigenvalue weighted by Crippen LogP contribution is -2.10. The molecule has 0 unspecified atom stereocenters. The van der Waals surface area contributed by atoms with E-state index in [1.54, 1.807) is 6.07 Å². The summed E-state index contributed by atoms with van der Waals surface area (Å²) in [4.78, 5) is 21.1. The van der Waals surface area contributed by atoms with Crippen molar-refractivity contribution in [2.45, 2.75) is 13.0 Å². The highest BCUT2D eigenvalue weighted by Gasteiger charge is 2.09. The molecular weight excluding hydrogens is 264 g/mol. The summed E-state index contributed by atoms with van der Waals surface area (Å²) in [6, 6.07) is 7.26. The molecule has 80 valence electrons. The van der Waals surface area contributed by atoms with Crippen molar-refractivity contribution >= 4 is 27.9 Å². The van der Waals surface area contributed by atoms with Crippen LogP contribution in [0, 0.1) is 0 Å². The highest BCUT2D eigenvalue weighted by atomic mass is 79.9. The Labute approximate surface area is 95.0 Å². The Kier molecular flexibility index (Phi) is 4.30. The summed E-state index contributed by atoms with van der Waals surface area (Å²) in [7, 11) is 0. The Morgan fingerprint density at radius 3 is 2.60 bits per heavy atom. The average Bonchev–Trinajstić information content (AvgIpc) is 2.15. The molecule has 0 aliphatic heterocycles. The Hall–Kier alpha value is -1.36. The SMILES string of the molecule is O=C(O)CC(=O)OCc1ccccc1Br. The van der Waals surface area contributed by atoms with E-state index in [0.29, 0.717) is 0 Å². The van der Waals surface area contributed by atoms with Gasteiger partial charge in [0.25, 0.3) is 0 Å². The lowest BCUT2D eigenvalue weighted by Gasteiger charge is -2.04. The molecule has 0 aliphatic rings. The van der Waals surface area contributed by atoms with E-state index in [2.05, 4.69) is 15.9 Å². The number of carbonyl (C=O) groups is 2. The molecule has 15 heavy (non-hydrogen) atoms. The van der Waals surface area contributed by atoms with Gasteiger partial charge in [0.05, 0.1) is 0 Å². The van der Waals surface area contributed by atoms with E-state index < -0.39 is 18.4 Å². The number of carboxylic acid groups (broad SMARTS) is 1. The first kappa shape index (κ1) is 11.7. The first-order chi connectivity index (χ1) is 7.09. The van der Waals surface area contributed by atoms with Crippen LogP contribution in [0.3, 0.4) is 0 Å². The molecule has 0 spiro atoms. The highest BCUT2D eigenvalue weighted by molar-refractivity contribution is 9.10. The molecule has 0 radical (unpaired) electrons. The van der Waals surface area contributed by atoms with E-state index in [4.69, 9.17) is 9.84 Å². The summed E-state index contributed by atoms with van der Waals surface area (Å²) < 4.78 is 5.60. The number of rotatable bonds is 4. The predicted octanol–water partition coefficient (Wildman–Crippen LogP) is 1.97. The maximum Gasteiger partial charge on any atom is 0.317 e. The van der Waals surface area contributed by atoms with Gasteiger partial charge in [-0.05, 0) is 6.07 Å². The molecule has 0 aliphatic carbocycles. The largest absolute Gasteiger partial charge is 0.481 e. The van der Waals surface area contributed by atoms with Gasteiger partial charge >= 0.3 is 11.9 Å². The second kappa shape index (κ2) is 5.50. The summed E-state index contributed by atoms with van der Waals surface area (Å²) >= 11 is 3.29. The van der Waals surface area contributed by atoms with E-state index >= 15 is 0 Å². The monoisotopic (exact) mass is 272 g/mol. The van der Waals surface area contributed by atoms with Crippen LogP contribution in [0.25, 0.3) is 0 Å². The van der Waals surface area contributed by atoms with Gasteiger partial charge in [0.2, 0.25) is 0 Å². The Morgan fingerprint density at radius 1 is 1.33 bits per heavy atom. The Balaban J connectivity index is 2.47. The van der Waals surface area contributed by atoms with E-state index in [9.17, 15) is 9.59 Å². The van der Waals surface area contributed by atoms with Crippen LogP contribution in [-0.2, 0) is 20.9 Å². The van der Waals surface area contributed by atoms with Gasteiger partial charge in [-0.25, -0.2) is 0 Å². The van der Waals surface area contributed by atoms with Gasteiger partial charge in [-0.15, -0.1) is 0 Å². The van der Waals surface area contributed by atoms with Gasteiger partial charge in [-0.1, -0.05) is 34.1 Å². The molecule has 1 aromatic rings. The van der Waals surface area contributed by atoms with Crippen molar-refractivity contribution in [1.29, 1.82) is 0 Å². The minimum atomic E-state index is -1.19. The summed E-state index contributed by atoms with van der Waals surface area (Å²) in [5, 5.41) is 8.33. The maximum absolute atomic E-state index is 10.9. The lowest BCUT2D eigenvalue weighted by molar-refractivity contribution is -0.152. The second-order valence-corrected chi connectivity index (χ2v) is 3.68. The average molecular weight is 273 g/mol. The fourth-order valence-electron chi connectivity index (χ4n) is 0.948. The van der Waals surface area contributed by atoms with Gasteiger partial charge < -0.3 is 9.84 Å². The van der Waals surface area contributed by atoms with Crippen molar-refractivity contribution in [2.24, 2.45) is 0 Å². The normalized spacial score (nSPS) is 9.67. The lowest BCUT2D eigenvalue weighted by atomic mass is 10.2. The standard InChI is InChI=1S/C10H9BrO4/c11-8-4-2-1-3-7(8)6-15-10(14)5-9(12)13/h1-4H,5-6H2,(H,12,13). The minimum absolute atomic E-state index is 0.0769. The second-order valence-electron chi connectivity index (χ2n) is 2.82. The maximum atomic E-state index is 10.9. The molecule has 0 amide bonds. The number of esters is 1. The van der Waals surface area contributed by atoms with E-state index in [1.807, 2.05) is 18.2 Å². The quantitative estimate of drug-likeness (QED) is 0.672. The van der Waals surface area contributed by atoms with Crippen LogP contribution in [0.15, 0.2) is 28.7 Å². The Morgan fingerprint density at radius 2 is 2.00 bits per heavy atom. The third-order valence-electron chi connectivity index (χ3n) is 1.64. The smallest absolute Gasteiger partial charge is 0.317 e. The Bertz CT molecular complexity index is 375. The van der Waals surface area contributed by atoms with Crippen molar-refractivity contribution in [3.63, 3.8) is 0 Å². The van der Waals surface area contributed by atoms with Crippen LogP contribution >= 0.6 is 15.9 Å². The summed E-state index contributed by atoms with van der Waals surface area (Å²) in [5.74, 6) is -1.93. The first-order valence-corrected chi connectivity index (χ1v) is 4.99. The number of halogens is 1. The zero-order valence-corrected chi connectivity index (χ0v) is 9.36. The fourth-order valence-corrected chi connectivity index (χ4v) is 1.35. The first-order valence-electron chi connectivity index (χ1n) is 4.20. The van der Waals surface area contributed by atoms with Gasteiger partial charge in [0.15, 0.2) is 0 Å². The van der Waals surface area contributed by atoms with Gasteiger partial charge in [0, 0.05) is 10.0 Å². The third kappa shape index (κ3) is 4.12. The summed E-state index contributed by atoms with van der Waals surface area (Å²) in [5.41, 5.74) is 0.802. The van der Waals surface area contributed by atoms with Crippen LogP contribution in [0.5, 0.6) is 0 Å². The van der Waals surface area contributed by atoms with Crippen molar-refractivity contribution in [2.75, 3.05) is 0 Å². The van der Waals surface area contributed by atoms with Crippen LogP contribution < -0.4 is 0 Å². The predicted molar refractivity (Wildman–Crippen MR) is 56.2 cm³/mol. The highest BCUT2D eigenvalue weighted by Crippen LogP contribution is 2.16. The molecule has 0 aromatic heterocycles. The van der Waals surface area contributed by atoms with Crippen LogP contribution in [0.2, 0.25) is 0 Å². The minimum Gasteiger partial charge on any atom is -0.481 e. The molecule has 0 saturated heterocycles. The molecule has 1 N–H and O–H groups in total. The molecule has 0 atom stereocenters. The van der Waals surface area contributed by atoms with E-state index in [-0.39, 0.29) is 6.61 Å². The summed E-state index contributed by atoms with van der Waals surface area (Å²) in [6.07, 6.45) is -0.607. The zero-order valence-electron chi connectivity index (χ0n) is 7.77. The van der Waals surface area contributed by atoms with Crippen LogP contribution in [0.4, 0.5) is 0 Å². The van der Waals surface area contributed by atoms with Crippen molar-refractivity contribution in [3.8, 4) is 0 Å². The van der Waals surface area contributed by atoms with Gasteiger partial charge in [0.1, 0.15) is 13.0 Å². The molecule has 0 fully saturated rings. The van der Waals surface area contributed by atoms with Crippen molar-refractivity contribution in [1.82, 2.24) is 0 Å². The number of carboxylic acids is 1. The molecule has 4 nitrogen and oxygen atoms in total. The number of hydrogen-bond acceptors (Lipinski definition) is 3. The van der Waals surface area contributed by atoms with Crippen molar-refractivity contribution in [3.05, 3.63) is 34.3 Å². The topological polar surface area (TPSA) is 63.6 Å². The molecule has 0 saturated carbocycles. The molecule has 1 rings (SSSR count). The van der Waals surface area contributed by atoms with E-state index in [1.165, 1.54) is 0 Å². The fraction of sp³-hybridized carbons (Fsp3) is 0.200. The third-order valence-corrected chi connectivity index (χ3v) is 2.42. The molecule has 0 heterocycles. The van der Waals surface area contributed by atoms with E-state index in [0.717, 1.165) is 10.0 Å². The molecule has 1 aromatic carbocycles. The van der Waals surface area contributed by atoms with Crippen LogP contribution in [0.1, 0.15) is 12.0 Å². The van der Waals surface area contributed by atoms with Gasteiger partial charge in [-0.3, -0.25) is 9.59 Å². The number of hydrogen-bond donors (Lipinski definition) is 1. The molecular formula is C10H9BrO4. The van der Waals surface area contributed by atoms with Gasteiger partial charge in [-0.2, -0.15) is 0 Å². The zero-order chi connectivity index (χ0) is 11.3. The number of aliphatic carboxylic acids is 1. The number of carbonyl (C=O) groups excluding carboxylic acids is 1. The number of benzene rings is 1. The summed E-state index contributed by atoms with van der Waals surface area (Å²) in [6.45, 7) is 0.0769. The molecule has 0 bridgehead atoms.